The monoisotopic (exact) mass is 500 g/mol. The molecule has 1 aliphatic heterocycles. The van der Waals surface area contributed by atoms with Gasteiger partial charge in [-0.05, 0) is 58.7 Å². The van der Waals surface area contributed by atoms with Gasteiger partial charge in [0.2, 0.25) is 0 Å². The van der Waals surface area contributed by atoms with Gasteiger partial charge in [0.25, 0.3) is 0 Å². The number of halogens is 4. The molecule has 0 N–H and O–H groups in total. The van der Waals surface area contributed by atoms with Crippen molar-refractivity contribution >= 4 is 8.80 Å². The lowest BCUT2D eigenvalue weighted by Gasteiger charge is -2.28. The van der Waals surface area contributed by atoms with Gasteiger partial charge in [-0.3, -0.25) is 0 Å². The van der Waals surface area contributed by atoms with Crippen LogP contribution in [-0.4, -0.2) is 15.2 Å². The van der Waals surface area contributed by atoms with Crippen molar-refractivity contribution in [2.75, 3.05) is 0 Å². The summed E-state index contributed by atoms with van der Waals surface area (Å²) in [6, 6.07) is 24.0. The molecule has 1 saturated heterocycles. The smallest absolute Gasteiger partial charge is 0.403 e. The first kappa shape index (κ1) is 25.5. The third-order valence-corrected chi connectivity index (χ3v) is 10.7. The normalized spacial score (nSPS) is 18.4. The molecule has 1 fully saturated rings. The fourth-order valence-electron chi connectivity index (χ4n) is 5.27. The fourth-order valence-corrected chi connectivity index (χ4v) is 8.75. The highest BCUT2D eigenvalue weighted by atomic mass is 28.3. The highest BCUT2D eigenvalue weighted by molar-refractivity contribution is 6.59. The molecule has 3 aromatic carbocycles. The van der Waals surface area contributed by atoms with E-state index in [2.05, 4.69) is 29.9 Å². The lowest BCUT2D eigenvalue weighted by molar-refractivity contribution is -0.275. The summed E-state index contributed by atoms with van der Waals surface area (Å²) in [4.78, 5) is 0. The molecule has 1 aliphatic rings. The molecule has 4 rings (SSSR count). The third-order valence-electron chi connectivity index (χ3n) is 7.13. The molecule has 0 unspecified atom stereocenters. The molecule has 0 saturated carbocycles. The first-order chi connectivity index (χ1) is 16.8. The highest BCUT2D eigenvalue weighted by Crippen LogP contribution is 2.40. The Morgan fingerprint density at radius 3 is 2.26 bits per heavy atom. The predicted molar refractivity (Wildman–Crippen MR) is 137 cm³/mol. The summed E-state index contributed by atoms with van der Waals surface area (Å²) in [5.74, 6) is -1.36. The number of rotatable bonds is 8. The van der Waals surface area contributed by atoms with Crippen LogP contribution in [0.15, 0.2) is 66.7 Å². The predicted octanol–water partition coefficient (Wildman–Crippen LogP) is 9.35. The molecule has 0 amide bonds. The molecule has 0 aliphatic carbocycles. The van der Waals surface area contributed by atoms with Crippen LogP contribution in [-0.2, 0) is 0 Å². The maximum absolute atomic E-state index is 14.6. The summed E-state index contributed by atoms with van der Waals surface area (Å²) in [5.41, 5.74) is 4.52. The van der Waals surface area contributed by atoms with E-state index in [1.807, 2.05) is 30.3 Å². The number of benzene rings is 3. The Hall–Kier alpha value is -2.60. The molecular weight excluding hydrogens is 468 g/mol. The molecule has 186 valence electrons. The largest absolute Gasteiger partial charge is 0.573 e. The number of alkyl halides is 3. The minimum Gasteiger partial charge on any atom is -0.403 e. The highest BCUT2D eigenvalue weighted by Gasteiger charge is 2.32. The lowest BCUT2D eigenvalue weighted by atomic mass is 9.87. The minimum atomic E-state index is -4.93. The molecule has 0 spiro atoms. The molecule has 3 aromatic rings. The maximum atomic E-state index is 14.6. The standard InChI is InChI=1S/C29H32F4OSi/c1-2-3-7-16-35-17-14-21(15-18-35)23-10-12-25(22-8-5-4-6-9-22)26(19-23)24-11-13-28(27(30)20-24)34-29(31,32)33/h4-6,8-13,19-21,35H,2-3,7,14-18H2,1H3/t21-,35-. The van der Waals surface area contributed by atoms with Gasteiger partial charge in [0.15, 0.2) is 11.6 Å². The summed E-state index contributed by atoms with van der Waals surface area (Å²) < 4.78 is 56.3. The lowest BCUT2D eigenvalue weighted by Crippen LogP contribution is -2.20. The minimum absolute atomic E-state index is 0.478. The molecule has 1 nitrogen and oxygen atoms in total. The molecule has 1 heterocycles. The van der Waals surface area contributed by atoms with Gasteiger partial charge in [0.05, 0.1) is 0 Å². The molecule has 0 radical (unpaired) electrons. The summed E-state index contributed by atoms with van der Waals surface area (Å²) in [5, 5.41) is 0. The third kappa shape index (κ3) is 6.75. The topological polar surface area (TPSA) is 9.23 Å². The van der Waals surface area contributed by atoms with E-state index >= 15 is 0 Å². The van der Waals surface area contributed by atoms with E-state index in [4.69, 9.17) is 0 Å². The average Bonchev–Trinajstić information content (AvgIpc) is 2.85. The number of ether oxygens (including phenoxy) is 1. The Bertz CT molecular complexity index is 1110. The van der Waals surface area contributed by atoms with Gasteiger partial charge in [-0.25, -0.2) is 4.39 Å². The summed E-state index contributed by atoms with van der Waals surface area (Å²) in [7, 11) is -0.636. The van der Waals surface area contributed by atoms with Crippen LogP contribution in [0.2, 0.25) is 18.1 Å². The van der Waals surface area contributed by atoms with Crippen LogP contribution in [0.3, 0.4) is 0 Å². The molecule has 6 heteroatoms. The van der Waals surface area contributed by atoms with E-state index < -0.39 is 26.7 Å². The summed E-state index contributed by atoms with van der Waals surface area (Å²) >= 11 is 0. The second kappa shape index (κ2) is 11.4. The van der Waals surface area contributed by atoms with Gasteiger partial charge < -0.3 is 4.74 Å². The Labute approximate surface area is 206 Å². The van der Waals surface area contributed by atoms with Crippen molar-refractivity contribution in [3.8, 4) is 28.0 Å². The maximum Gasteiger partial charge on any atom is 0.573 e. The molecular formula is C29H32F4OSi. The van der Waals surface area contributed by atoms with E-state index in [0.29, 0.717) is 11.5 Å². The Kier molecular flexibility index (Phi) is 8.32. The first-order valence-electron chi connectivity index (χ1n) is 12.6. The average molecular weight is 501 g/mol. The molecule has 0 atom stereocenters. The molecule has 0 bridgehead atoms. The zero-order chi connectivity index (χ0) is 24.8. The van der Waals surface area contributed by atoms with Crippen LogP contribution in [0, 0.1) is 5.82 Å². The number of hydrogen-bond acceptors (Lipinski definition) is 1. The summed E-state index contributed by atoms with van der Waals surface area (Å²) in [6.07, 6.45) is 1.42. The Morgan fingerprint density at radius 1 is 0.857 bits per heavy atom. The van der Waals surface area contributed by atoms with Gasteiger partial charge in [-0.2, -0.15) is 0 Å². The van der Waals surface area contributed by atoms with Gasteiger partial charge in [0.1, 0.15) is 0 Å². The summed E-state index contributed by atoms with van der Waals surface area (Å²) in [6.45, 7) is 2.25. The second-order valence-electron chi connectivity index (χ2n) is 9.58. The van der Waals surface area contributed by atoms with Crippen LogP contribution in [0.1, 0.15) is 50.5 Å². The van der Waals surface area contributed by atoms with E-state index in [0.717, 1.165) is 28.8 Å². The number of unbranched alkanes of at least 4 members (excludes halogenated alkanes) is 2. The zero-order valence-corrected chi connectivity index (χ0v) is 21.2. The van der Waals surface area contributed by atoms with Crippen molar-refractivity contribution in [2.45, 2.75) is 69.4 Å². The number of hydrogen-bond donors (Lipinski definition) is 0. The molecule has 0 aromatic heterocycles. The zero-order valence-electron chi connectivity index (χ0n) is 20.1. The van der Waals surface area contributed by atoms with Gasteiger partial charge >= 0.3 is 6.36 Å². The van der Waals surface area contributed by atoms with E-state index in [1.165, 1.54) is 61.9 Å². The van der Waals surface area contributed by atoms with E-state index in [1.54, 1.807) is 0 Å². The van der Waals surface area contributed by atoms with Crippen LogP contribution < -0.4 is 4.74 Å². The van der Waals surface area contributed by atoms with Crippen molar-refractivity contribution in [2.24, 2.45) is 0 Å². The first-order valence-corrected chi connectivity index (χ1v) is 15.0. The van der Waals surface area contributed by atoms with Crippen molar-refractivity contribution in [3.63, 3.8) is 0 Å². The Morgan fingerprint density at radius 2 is 1.60 bits per heavy atom. The van der Waals surface area contributed by atoms with Crippen LogP contribution in [0.5, 0.6) is 5.75 Å². The Balaban J connectivity index is 1.63. The van der Waals surface area contributed by atoms with Crippen molar-refractivity contribution in [3.05, 3.63) is 78.1 Å². The second-order valence-corrected chi connectivity index (χ2v) is 13.0. The van der Waals surface area contributed by atoms with Gasteiger partial charge in [0, 0.05) is 8.80 Å². The fraction of sp³-hybridized carbons (Fsp3) is 0.379. The van der Waals surface area contributed by atoms with Crippen molar-refractivity contribution < 1.29 is 22.3 Å². The van der Waals surface area contributed by atoms with Crippen molar-refractivity contribution in [1.29, 1.82) is 0 Å². The van der Waals surface area contributed by atoms with Gasteiger partial charge in [-0.15, -0.1) is 13.2 Å². The molecule has 35 heavy (non-hydrogen) atoms. The van der Waals surface area contributed by atoms with Crippen molar-refractivity contribution in [1.82, 2.24) is 0 Å². The van der Waals surface area contributed by atoms with Crippen LogP contribution in [0.25, 0.3) is 22.3 Å². The quantitative estimate of drug-likeness (QED) is 0.170. The van der Waals surface area contributed by atoms with Crippen LogP contribution >= 0.6 is 0 Å². The SMILES string of the molecule is CCCCC[Si@H]1CC[C@H](c2ccc(-c3ccccc3)c(-c3ccc(OC(F)(F)F)c(F)c3)c2)CC1. The van der Waals surface area contributed by atoms with Crippen LogP contribution in [0.4, 0.5) is 17.6 Å². The van der Waals surface area contributed by atoms with E-state index in [9.17, 15) is 17.6 Å². The van der Waals surface area contributed by atoms with E-state index in [-0.39, 0.29) is 0 Å². The van der Waals surface area contributed by atoms with Gasteiger partial charge in [-0.1, -0.05) is 98.9 Å².